The molecular weight excluding hydrogens is 342 g/mol. The predicted molar refractivity (Wildman–Crippen MR) is 104 cm³/mol. The van der Waals surface area contributed by atoms with Crippen LogP contribution in [0.2, 0.25) is 0 Å². The van der Waals surface area contributed by atoms with Crippen LogP contribution in [0.1, 0.15) is 44.2 Å². The lowest BCUT2D eigenvalue weighted by molar-refractivity contribution is -0.160. The first-order valence-electron chi connectivity index (χ1n) is 10.2. The van der Waals surface area contributed by atoms with E-state index < -0.39 is 11.5 Å². The van der Waals surface area contributed by atoms with Gasteiger partial charge in [0.25, 0.3) is 0 Å². The molecular formula is C21H29N3O3. The Balaban J connectivity index is 1.88. The maximum atomic E-state index is 13.0. The van der Waals surface area contributed by atoms with Crippen molar-refractivity contribution < 1.29 is 14.4 Å². The number of carboxylic acid groups (broad SMARTS) is 1. The summed E-state index contributed by atoms with van der Waals surface area (Å²) in [6, 6.07) is 7.66. The van der Waals surface area contributed by atoms with Crippen molar-refractivity contribution in [2.45, 2.75) is 44.1 Å². The molecule has 2 saturated heterocycles. The number of hydrogen-bond acceptors (Lipinski definition) is 5. The summed E-state index contributed by atoms with van der Waals surface area (Å²) in [6.07, 6.45) is 6.13. The van der Waals surface area contributed by atoms with Gasteiger partial charge in [0, 0.05) is 5.39 Å². The first kappa shape index (κ1) is 18.4. The van der Waals surface area contributed by atoms with E-state index in [1.54, 1.807) is 0 Å². The molecule has 6 nitrogen and oxygen atoms in total. The summed E-state index contributed by atoms with van der Waals surface area (Å²) in [7, 11) is 2.11. The first-order valence-corrected chi connectivity index (χ1v) is 10.2. The first-order chi connectivity index (χ1) is 13.1. The molecule has 2 aliphatic heterocycles. The van der Waals surface area contributed by atoms with Gasteiger partial charge in [0.1, 0.15) is 5.69 Å². The summed E-state index contributed by atoms with van der Waals surface area (Å²) in [5, 5.41) is 15.9. The fourth-order valence-corrected chi connectivity index (χ4v) is 5.02. The number of aromatic nitrogens is 1. The SMILES string of the molecule is CN1CCC(C(C(=O)O)(c2noc3ccccc23)N2CCCCCC2)CC1. The van der Waals surface area contributed by atoms with E-state index >= 15 is 0 Å². The van der Waals surface area contributed by atoms with Gasteiger partial charge in [-0.25, -0.2) is 4.79 Å². The summed E-state index contributed by atoms with van der Waals surface area (Å²) in [5.74, 6) is -0.754. The summed E-state index contributed by atoms with van der Waals surface area (Å²) in [4.78, 5) is 17.5. The zero-order chi connectivity index (χ0) is 18.9. The van der Waals surface area contributed by atoms with Crippen LogP contribution in [-0.2, 0) is 10.3 Å². The normalized spacial score (nSPS) is 23.1. The van der Waals surface area contributed by atoms with Crippen molar-refractivity contribution in [1.29, 1.82) is 0 Å². The zero-order valence-corrected chi connectivity index (χ0v) is 16.1. The third-order valence-corrected chi connectivity index (χ3v) is 6.48. The number of likely N-dealkylation sites (tertiary alicyclic amines) is 2. The number of aliphatic carboxylic acids is 1. The molecule has 4 rings (SSSR count). The molecule has 6 heteroatoms. The van der Waals surface area contributed by atoms with E-state index in [0.29, 0.717) is 11.3 Å². The van der Waals surface area contributed by atoms with Gasteiger partial charge < -0.3 is 14.5 Å². The molecule has 1 atom stereocenters. The molecule has 1 unspecified atom stereocenters. The van der Waals surface area contributed by atoms with Gasteiger partial charge in [-0.05, 0) is 77.0 Å². The minimum absolute atomic E-state index is 0.0257. The number of para-hydroxylation sites is 1. The third kappa shape index (κ3) is 3.15. The molecule has 146 valence electrons. The van der Waals surface area contributed by atoms with Crippen LogP contribution in [0.25, 0.3) is 11.0 Å². The van der Waals surface area contributed by atoms with Crippen LogP contribution in [0.5, 0.6) is 0 Å². The molecule has 27 heavy (non-hydrogen) atoms. The highest BCUT2D eigenvalue weighted by Crippen LogP contribution is 2.44. The van der Waals surface area contributed by atoms with Crippen LogP contribution in [0.4, 0.5) is 0 Å². The Morgan fingerprint density at radius 3 is 2.44 bits per heavy atom. The molecule has 1 aromatic carbocycles. The van der Waals surface area contributed by atoms with Gasteiger partial charge in [-0.15, -0.1) is 0 Å². The number of benzene rings is 1. The average molecular weight is 371 g/mol. The molecule has 1 N–H and O–H groups in total. The van der Waals surface area contributed by atoms with Gasteiger partial charge in [-0.3, -0.25) is 4.90 Å². The molecule has 1 aromatic heterocycles. The molecule has 0 amide bonds. The summed E-state index contributed by atoms with van der Waals surface area (Å²) < 4.78 is 5.59. The number of piperidine rings is 1. The fraction of sp³-hybridized carbons (Fsp3) is 0.619. The molecule has 2 aromatic rings. The minimum atomic E-state index is -1.11. The second-order valence-corrected chi connectivity index (χ2v) is 8.08. The quantitative estimate of drug-likeness (QED) is 0.889. The number of rotatable bonds is 4. The molecule has 3 heterocycles. The van der Waals surface area contributed by atoms with Crippen molar-refractivity contribution in [2.75, 3.05) is 33.2 Å². The molecule has 0 saturated carbocycles. The van der Waals surface area contributed by atoms with Gasteiger partial charge in [-0.1, -0.05) is 30.1 Å². The highest BCUT2D eigenvalue weighted by molar-refractivity contribution is 5.89. The van der Waals surface area contributed by atoms with Crippen LogP contribution in [-0.4, -0.2) is 59.3 Å². The Kier molecular flexibility index (Phi) is 5.19. The monoisotopic (exact) mass is 371 g/mol. The summed E-state index contributed by atoms with van der Waals surface area (Å²) in [5.41, 5.74) is 0.154. The molecule has 0 bridgehead atoms. The van der Waals surface area contributed by atoms with E-state index in [0.717, 1.165) is 57.2 Å². The lowest BCUT2D eigenvalue weighted by Crippen LogP contribution is -2.59. The Morgan fingerprint density at radius 2 is 1.78 bits per heavy atom. The van der Waals surface area contributed by atoms with Gasteiger partial charge in [0.05, 0.1) is 0 Å². The Hall–Kier alpha value is -1.92. The van der Waals surface area contributed by atoms with Crippen LogP contribution < -0.4 is 0 Å². The Labute approximate surface area is 160 Å². The molecule has 0 aliphatic carbocycles. The smallest absolute Gasteiger partial charge is 0.330 e. The fourth-order valence-electron chi connectivity index (χ4n) is 5.02. The van der Waals surface area contributed by atoms with E-state index in [2.05, 4.69) is 22.0 Å². The minimum Gasteiger partial charge on any atom is -0.480 e. The largest absolute Gasteiger partial charge is 0.480 e. The number of hydrogen-bond donors (Lipinski definition) is 1. The lowest BCUT2D eigenvalue weighted by atomic mass is 9.73. The topological polar surface area (TPSA) is 69.8 Å². The van der Waals surface area contributed by atoms with Crippen molar-refractivity contribution in [1.82, 2.24) is 15.0 Å². The van der Waals surface area contributed by atoms with E-state index in [-0.39, 0.29) is 5.92 Å². The second-order valence-electron chi connectivity index (χ2n) is 8.08. The van der Waals surface area contributed by atoms with Crippen molar-refractivity contribution in [3.63, 3.8) is 0 Å². The highest BCUT2D eigenvalue weighted by atomic mass is 16.5. The van der Waals surface area contributed by atoms with Crippen LogP contribution in [0.15, 0.2) is 28.8 Å². The number of nitrogens with zero attached hydrogens (tertiary/aromatic N) is 3. The maximum Gasteiger partial charge on any atom is 0.330 e. The molecule has 0 spiro atoms. The second kappa shape index (κ2) is 7.60. The van der Waals surface area contributed by atoms with Crippen molar-refractivity contribution in [3.05, 3.63) is 30.0 Å². The number of carboxylic acids is 1. The zero-order valence-electron chi connectivity index (χ0n) is 16.1. The van der Waals surface area contributed by atoms with Crippen LogP contribution in [0.3, 0.4) is 0 Å². The van der Waals surface area contributed by atoms with Crippen molar-refractivity contribution in [2.24, 2.45) is 5.92 Å². The van der Waals surface area contributed by atoms with Crippen molar-refractivity contribution >= 4 is 16.9 Å². The van der Waals surface area contributed by atoms with Crippen LogP contribution >= 0.6 is 0 Å². The van der Waals surface area contributed by atoms with E-state index in [1.807, 2.05) is 24.3 Å². The number of fused-ring (bicyclic) bond motifs is 1. The predicted octanol–water partition coefficient (Wildman–Crippen LogP) is 3.33. The standard InChI is InChI=1S/C21H29N3O3/c1-23-14-10-16(11-15-23)21(20(25)26,24-12-6-2-3-7-13-24)19-17-8-4-5-9-18(17)27-22-19/h4-5,8-9,16H,2-3,6-7,10-15H2,1H3,(H,25,26). The highest BCUT2D eigenvalue weighted by Gasteiger charge is 2.55. The van der Waals surface area contributed by atoms with Gasteiger partial charge >= 0.3 is 5.97 Å². The molecule has 2 aliphatic rings. The summed E-state index contributed by atoms with van der Waals surface area (Å²) >= 11 is 0. The van der Waals surface area contributed by atoms with Gasteiger partial charge in [-0.2, -0.15) is 0 Å². The average Bonchev–Trinajstić information content (AvgIpc) is 2.91. The Bertz CT molecular complexity index is 789. The van der Waals surface area contributed by atoms with E-state index in [1.165, 1.54) is 12.8 Å². The third-order valence-electron chi connectivity index (χ3n) is 6.48. The van der Waals surface area contributed by atoms with Crippen molar-refractivity contribution in [3.8, 4) is 0 Å². The maximum absolute atomic E-state index is 13.0. The van der Waals surface area contributed by atoms with E-state index in [9.17, 15) is 9.90 Å². The Morgan fingerprint density at radius 1 is 1.11 bits per heavy atom. The van der Waals surface area contributed by atoms with Gasteiger partial charge in [0.2, 0.25) is 0 Å². The number of carbonyl (C=O) groups is 1. The lowest BCUT2D eigenvalue weighted by Gasteiger charge is -2.46. The van der Waals surface area contributed by atoms with Gasteiger partial charge in [0.15, 0.2) is 11.1 Å². The van der Waals surface area contributed by atoms with E-state index in [4.69, 9.17) is 4.52 Å². The molecule has 2 fully saturated rings. The van der Waals surface area contributed by atoms with Crippen LogP contribution in [0, 0.1) is 5.92 Å². The molecule has 0 radical (unpaired) electrons. The summed E-state index contributed by atoms with van der Waals surface area (Å²) in [6.45, 7) is 3.45.